The third kappa shape index (κ3) is 9.18. The number of fused-ring (bicyclic) bond motifs is 2. The van der Waals surface area contributed by atoms with Gasteiger partial charge >= 0.3 is 12.1 Å². The van der Waals surface area contributed by atoms with Crippen LogP contribution in [-0.2, 0) is 45.1 Å². The normalized spacial score (nSPS) is 17.1. The average Bonchev–Trinajstić information content (AvgIpc) is 4.10. The van der Waals surface area contributed by atoms with E-state index in [1.54, 1.807) is 72.8 Å². The van der Waals surface area contributed by atoms with Gasteiger partial charge in [0.05, 0.1) is 40.5 Å². The summed E-state index contributed by atoms with van der Waals surface area (Å²) in [7, 11) is 0. The SMILES string of the molecule is N#Cc1ccc(-c2ccc(C[C@H](NC(=O)[C@@H]3Cc4cc5c(cc4CN3C(=O)OCC3CC3)OC(c3ccc(OCc4ccc(Cl)c(Cl)c4)cc3)C(=O)N5)C(=O)O)cc2)cc1. The first-order chi connectivity index (χ1) is 29.0. The number of carboxylic acids is 1. The molecule has 3 N–H and O–H groups in total. The molecule has 14 heteroatoms. The van der Waals surface area contributed by atoms with Gasteiger partial charge in [0.1, 0.15) is 30.2 Å². The molecule has 8 rings (SSSR count). The monoisotopic (exact) mass is 844 g/mol. The van der Waals surface area contributed by atoms with Crippen molar-refractivity contribution in [2.75, 3.05) is 11.9 Å². The minimum Gasteiger partial charge on any atom is -0.489 e. The van der Waals surface area contributed by atoms with E-state index in [0.29, 0.717) is 55.0 Å². The average molecular weight is 846 g/mol. The minimum atomic E-state index is -1.29. The van der Waals surface area contributed by atoms with Crippen LogP contribution < -0.4 is 20.1 Å². The number of nitrogens with zero attached hydrogens (tertiary/aromatic N) is 2. The molecule has 5 aromatic rings. The number of carbonyl (C=O) groups excluding carboxylic acids is 3. The van der Waals surface area contributed by atoms with Gasteiger partial charge in [-0.1, -0.05) is 77.8 Å². The summed E-state index contributed by atoms with van der Waals surface area (Å²) in [6.45, 7) is 0.485. The number of carbonyl (C=O) groups is 4. The summed E-state index contributed by atoms with van der Waals surface area (Å²) in [6, 6.07) is 29.9. The molecule has 2 aliphatic heterocycles. The first-order valence-corrected chi connectivity index (χ1v) is 20.1. The number of hydrogen-bond donors (Lipinski definition) is 3. The highest BCUT2D eigenvalue weighted by Crippen LogP contribution is 2.40. The molecular weight excluding hydrogens is 807 g/mol. The van der Waals surface area contributed by atoms with Crippen LogP contribution in [0.4, 0.5) is 10.5 Å². The van der Waals surface area contributed by atoms with E-state index < -0.39 is 42.1 Å². The van der Waals surface area contributed by atoms with E-state index in [-0.39, 0.29) is 38.5 Å². The Hall–Kier alpha value is -6.55. The van der Waals surface area contributed by atoms with Gasteiger partial charge in [-0.05, 0) is 101 Å². The molecule has 0 aromatic heterocycles. The molecule has 1 unspecified atom stereocenters. The Kier molecular flexibility index (Phi) is 11.6. The first-order valence-electron chi connectivity index (χ1n) is 19.4. The summed E-state index contributed by atoms with van der Waals surface area (Å²) < 4.78 is 17.8. The van der Waals surface area contributed by atoms with Crippen molar-refractivity contribution in [1.29, 1.82) is 5.26 Å². The molecule has 2 heterocycles. The van der Waals surface area contributed by atoms with E-state index in [9.17, 15) is 24.3 Å². The van der Waals surface area contributed by atoms with Crippen LogP contribution in [0.5, 0.6) is 11.5 Å². The lowest BCUT2D eigenvalue weighted by Gasteiger charge is -2.37. The molecule has 60 heavy (non-hydrogen) atoms. The van der Waals surface area contributed by atoms with Crippen LogP contribution >= 0.6 is 23.2 Å². The summed E-state index contributed by atoms with van der Waals surface area (Å²) in [5, 5.41) is 25.8. The van der Waals surface area contributed by atoms with Gasteiger partial charge in [0.2, 0.25) is 12.0 Å². The molecule has 0 spiro atoms. The molecule has 1 aliphatic carbocycles. The lowest BCUT2D eigenvalue weighted by atomic mass is 9.92. The summed E-state index contributed by atoms with van der Waals surface area (Å²) in [4.78, 5) is 54.8. The highest BCUT2D eigenvalue weighted by Gasteiger charge is 2.40. The summed E-state index contributed by atoms with van der Waals surface area (Å²) in [5.41, 5.74) is 6.24. The quantitative estimate of drug-likeness (QED) is 0.112. The van der Waals surface area contributed by atoms with Crippen molar-refractivity contribution < 1.29 is 38.5 Å². The van der Waals surface area contributed by atoms with E-state index in [4.69, 9.17) is 42.7 Å². The third-order valence-corrected chi connectivity index (χ3v) is 11.5. The lowest BCUT2D eigenvalue weighted by molar-refractivity contribution is -0.142. The molecule has 0 radical (unpaired) electrons. The van der Waals surface area contributed by atoms with Crippen LogP contribution in [0.25, 0.3) is 11.1 Å². The van der Waals surface area contributed by atoms with E-state index in [1.165, 1.54) is 4.90 Å². The third-order valence-electron chi connectivity index (χ3n) is 10.8. The molecule has 5 aromatic carbocycles. The van der Waals surface area contributed by atoms with Crippen molar-refractivity contribution in [3.05, 3.63) is 147 Å². The molecule has 3 atom stereocenters. The maximum absolute atomic E-state index is 14.0. The summed E-state index contributed by atoms with van der Waals surface area (Å²) in [6.07, 6.45) is 0.308. The fourth-order valence-electron chi connectivity index (χ4n) is 7.20. The number of ether oxygens (including phenoxy) is 3. The van der Waals surface area contributed by atoms with Crippen LogP contribution in [0, 0.1) is 17.2 Å². The number of amides is 3. The van der Waals surface area contributed by atoms with Crippen LogP contribution in [-0.4, -0.2) is 52.6 Å². The minimum absolute atomic E-state index is 0.00329. The van der Waals surface area contributed by atoms with Crippen LogP contribution in [0.3, 0.4) is 0 Å². The second-order valence-electron chi connectivity index (χ2n) is 15.1. The van der Waals surface area contributed by atoms with Crippen LogP contribution in [0.2, 0.25) is 10.0 Å². The molecule has 12 nitrogen and oxygen atoms in total. The van der Waals surface area contributed by atoms with Gasteiger partial charge in [0, 0.05) is 18.4 Å². The molecular formula is C46H38Cl2N4O8. The van der Waals surface area contributed by atoms with E-state index >= 15 is 0 Å². The molecule has 0 saturated heterocycles. The molecule has 0 bridgehead atoms. The number of halogens is 2. The zero-order valence-electron chi connectivity index (χ0n) is 32.0. The lowest BCUT2D eigenvalue weighted by Crippen LogP contribution is -2.56. The van der Waals surface area contributed by atoms with Crippen molar-refractivity contribution in [3.63, 3.8) is 0 Å². The number of aliphatic carboxylic acids is 1. The van der Waals surface area contributed by atoms with E-state index in [2.05, 4.69) is 16.7 Å². The standard InChI is InChI=1S/C46H38Cl2N4O8/c47-36-16-7-29(17-37(36)48)25-58-35-14-12-32(13-15-35)42-44(54)50-38-19-33-20-40(52(23-34(33)21-41(38)60-42)46(57)59-24-28-1-2-28)43(53)51-39(45(55)56)18-26-3-8-30(9-4-26)31-10-5-27(22-49)6-11-31/h3-17,19,21,28,39-40,42H,1-2,18,20,23-25H2,(H,50,54)(H,51,53)(H,55,56)/t39-,40-,42?/m0/s1. The van der Waals surface area contributed by atoms with Crippen LogP contribution in [0.15, 0.2) is 103 Å². The molecule has 304 valence electrons. The number of carboxylic acid groups (broad SMARTS) is 1. The van der Waals surface area contributed by atoms with Gasteiger partial charge < -0.3 is 30.0 Å². The highest BCUT2D eigenvalue weighted by atomic mass is 35.5. The van der Waals surface area contributed by atoms with Gasteiger partial charge in [0.15, 0.2) is 0 Å². The van der Waals surface area contributed by atoms with Crippen molar-refractivity contribution in [2.45, 2.75) is 57.0 Å². The smallest absolute Gasteiger partial charge is 0.410 e. The number of hydrogen-bond acceptors (Lipinski definition) is 8. The largest absolute Gasteiger partial charge is 0.489 e. The first kappa shape index (κ1) is 40.2. The highest BCUT2D eigenvalue weighted by molar-refractivity contribution is 6.42. The molecule has 3 aliphatic rings. The topological polar surface area (TPSA) is 167 Å². The maximum atomic E-state index is 14.0. The van der Waals surface area contributed by atoms with Crippen molar-refractivity contribution >= 4 is 52.8 Å². The number of nitriles is 1. The number of nitrogens with one attached hydrogen (secondary N) is 2. The van der Waals surface area contributed by atoms with Gasteiger partial charge in [-0.3, -0.25) is 14.5 Å². The summed E-state index contributed by atoms with van der Waals surface area (Å²) >= 11 is 12.1. The second kappa shape index (κ2) is 17.4. The van der Waals surface area contributed by atoms with Gasteiger partial charge in [-0.25, -0.2) is 9.59 Å². The summed E-state index contributed by atoms with van der Waals surface area (Å²) in [5.74, 6) is -1.02. The Bertz CT molecular complexity index is 2500. The second-order valence-corrected chi connectivity index (χ2v) is 15.9. The van der Waals surface area contributed by atoms with Crippen molar-refractivity contribution in [2.24, 2.45) is 5.92 Å². The van der Waals surface area contributed by atoms with Crippen LogP contribution in [0.1, 0.15) is 52.3 Å². The zero-order chi connectivity index (χ0) is 41.9. The Labute approximate surface area is 355 Å². The maximum Gasteiger partial charge on any atom is 0.410 e. The molecule has 1 saturated carbocycles. The van der Waals surface area contributed by atoms with E-state index in [1.807, 2.05) is 30.3 Å². The predicted octanol–water partition coefficient (Wildman–Crippen LogP) is 8.27. The predicted molar refractivity (Wildman–Crippen MR) is 223 cm³/mol. The Balaban J connectivity index is 0.964. The van der Waals surface area contributed by atoms with Crippen molar-refractivity contribution in [3.8, 4) is 28.7 Å². The van der Waals surface area contributed by atoms with Crippen molar-refractivity contribution in [1.82, 2.24) is 10.2 Å². The van der Waals surface area contributed by atoms with E-state index in [0.717, 1.165) is 29.5 Å². The number of rotatable bonds is 12. The Morgan fingerprint density at radius 2 is 1.60 bits per heavy atom. The fourth-order valence-corrected chi connectivity index (χ4v) is 7.52. The molecule has 3 amide bonds. The molecule has 1 fully saturated rings. The van der Waals surface area contributed by atoms with Gasteiger partial charge in [-0.15, -0.1) is 0 Å². The number of anilines is 1. The van der Waals surface area contributed by atoms with Gasteiger partial charge in [-0.2, -0.15) is 5.26 Å². The number of benzene rings is 5. The van der Waals surface area contributed by atoms with Gasteiger partial charge in [0.25, 0.3) is 5.91 Å². The fraction of sp³-hybridized carbons (Fsp3) is 0.239. The Morgan fingerprint density at radius 3 is 2.27 bits per heavy atom. The Morgan fingerprint density at radius 1 is 0.900 bits per heavy atom. The zero-order valence-corrected chi connectivity index (χ0v) is 33.5.